The summed E-state index contributed by atoms with van der Waals surface area (Å²) >= 11 is 1.69. The van der Waals surface area contributed by atoms with E-state index < -0.39 is 0 Å². The number of hydrogen-bond donors (Lipinski definition) is 1. The van der Waals surface area contributed by atoms with E-state index in [2.05, 4.69) is 41.1 Å². The van der Waals surface area contributed by atoms with Gasteiger partial charge in [0.15, 0.2) is 0 Å². The molecule has 0 radical (unpaired) electrons. The van der Waals surface area contributed by atoms with Crippen LogP contribution in [0, 0.1) is 0 Å². The lowest BCUT2D eigenvalue weighted by Crippen LogP contribution is -2.36. The summed E-state index contributed by atoms with van der Waals surface area (Å²) in [5.41, 5.74) is 2.05. The van der Waals surface area contributed by atoms with E-state index in [0.29, 0.717) is 5.75 Å². The number of ether oxygens (including phenoxy) is 1. The molecule has 0 aliphatic carbocycles. The molecule has 0 atom stereocenters. The van der Waals surface area contributed by atoms with Gasteiger partial charge in [-0.2, -0.15) is 11.8 Å². The Morgan fingerprint density at radius 2 is 1.88 bits per heavy atom. The van der Waals surface area contributed by atoms with Gasteiger partial charge in [0.25, 0.3) is 0 Å². The van der Waals surface area contributed by atoms with Gasteiger partial charge in [-0.25, -0.2) is 0 Å². The molecule has 0 spiro atoms. The Bertz CT molecular complexity index is 486. The first-order valence-electron chi connectivity index (χ1n) is 8.75. The number of nitrogens with zero attached hydrogens (tertiary/aromatic N) is 2. The molecule has 24 heavy (non-hydrogen) atoms. The summed E-state index contributed by atoms with van der Waals surface area (Å²) < 4.78 is 5.37. The van der Waals surface area contributed by atoms with E-state index in [1.807, 2.05) is 12.1 Å². The topological polar surface area (TPSA) is 44.8 Å². The van der Waals surface area contributed by atoms with Gasteiger partial charge in [-0.15, -0.1) is 0 Å². The first-order chi connectivity index (χ1) is 11.7. The van der Waals surface area contributed by atoms with E-state index >= 15 is 0 Å². The second-order valence-corrected chi connectivity index (χ2v) is 6.88. The fourth-order valence-corrected chi connectivity index (χ4v) is 3.46. The van der Waals surface area contributed by atoms with E-state index in [1.54, 1.807) is 11.8 Å². The van der Waals surface area contributed by atoms with Gasteiger partial charge in [-0.1, -0.05) is 13.8 Å². The molecular weight excluding hydrogens is 322 g/mol. The summed E-state index contributed by atoms with van der Waals surface area (Å²) in [7, 11) is 0. The summed E-state index contributed by atoms with van der Waals surface area (Å²) in [6.07, 6.45) is 0. The maximum absolute atomic E-state index is 12.0. The van der Waals surface area contributed by atoms with Crippen molar-refractivity contribution in [2.24, 2.45) is 0 Å². The molecule has 5 nitrogen and oxygen atoms in total. The molecule has 0 bridgehead atoms. The van der Waals surface area contributed by atoms with Crippen molar-refractivity contribution in [1.29, 1.82) is 0 Å². The molecule has 134 valence electrons. The minimum absolute atomic E-state index is 0.0682. The molecular formula is C18H29N3O2S. The van der Waals surface area contributed by atoms with Gasteiger partial charge in [-0.3, -0.25) is 4.79 Å². The fourth-order valence-electron chi connectivity index (χ4n) is 2.67. The first-order valence-corrected chi connectivity index (χ1v) is 9.91. The van der Waals surface area contributed by atoms with Crippen LogP contribution in [-0.4, -0.2) is 68.3 Å². The zero-order valence-corrected chi connectivity index (χ0v) is 15.6. The van der Waals surface area contributed by atoms with Crippen LogP contribution in [0.15, 0.2) is 24.3 Å². The van der Waals surface area contributed by atoms with Gasteiger partial charge in [0.05, 0.1) is 19.0 Å². The van der Waals surface area contributed by atoms with Gasteiger partial charge in [-0.05, 0) is 37.4 Å². The molecule has 1 saturated heterocycles. The smallest absolute Gasteiger partial charge is 0.234 e. The number of morpholine rings is 1. The summed E-state index contributed by atoms with van der Waals surface area (Å²) in [6.45, 7) is 10.9. The van der Waals surface area contributed by atoms with Crippen molar-refractivity contribution in [2.45, 2.75) is 13.8 Å². The predicted molar refractivity (Wildman–Crippen MR) is 103 cm³/mol. The Labute approximate surface area is 149 Å². The molecule has 0 saturated carbocycles. The Morgan fingerprint density at radius 1 is 1.21 bits per heavy atom. The van der Waals surface area contributed by atoms with Crippen LogP contribution in [-0.2, 0) is 9.53 Å². The maximum Gasteiger partial charge on any atom is 0.234 e. The largest absolute Gasteiger partial charge is 0.378 e. The van der Waals surface area contributed by atoms with Crippen LogP contribution >= 0.6 is 11.8 Å². The first kappa shape index (κ1) is 19.1. The van der Waals surface area contributed by atoms with Gasteiger partial charge in [0.1, 0.15) is 0 Å². The minimum atomic E-state index is 0.0682. The second-order valence-electron chi connectivity index (χ2n) is 5.77. The third kappa shape index (κ3) is 6.34. The van der Waals surface area contributed by atoms with Gasteiger partial charge < -0.3 is 19.9 Å². The summed E-state index contributed by atoms with van der Waals surface area (Å²) in [5.74, 6) is 1.57. The van der Waals surface area contributed by atoms with E-state index in [-0.39, 0.29) is 5.91 Å². The summed E-state index contributed by atoms with van der Waals surface area (Å²) in [6, 6.07) is 8.08. The molecule has 1 aliphatic heterocycles. The number of carbonyl (C=O) groups excluding carboxylic acids is 1. The van der Waals surface area contributed by atoms with Crippen LogP contribution in [0.2, 0.25) is 0 Å². The third-order valence-corrected chi connectivity index (χ3v) is 5.14. The highest BCUT2D eigenvalue weighted by Gasteiger charge is 2.11. The number of nitrogens with one attached hydrogen (secondary N) is 1. The fraction of sp³-hybridized carbons (Fsp3) is 0.611. The van der Waals surface area contributed by atoms with Crippen LogP contribution in [0.3, 0.4) is 0 Å². The van der Waals surface area contributed by atoms with Gasteiger partial charge in [0, 0.05) is 36.8 Å². The van der Waals surface area contributed by atoms with Crippen molar-refractivity contribution in [3.05, 3.63) is 24.3 Å². The maximum atomic E-state index is 12.0. The number of carbonyl (C=O) groups is 1. The van der Waals surface area contributed by atoms with E-state index in [1.165, 1.54) is 5.69 Å². The number of rotatable bonds is 9. The van der Waals surface area contributed by atoms with Crippen LogP contribution in [0.1, 0.15) is 13.8 Å². The quantitative estimate of drug-likeness (QED) is 0.693. The molecule has 0 unspecified atom stereocenters. The van der Waals surface area contributed by atoms with E-state index in [0.717, 1.165) is 57.4 Å². The highest BCUT2D eigenvalue weighted by Crippen LogP contribution is 2.19. The van der Waals surface area contributed by atoms with Crippen LogP contribution in [0.5, 0.6) is 0 Å². The lowest BCUT2D eigenvalue weighted by molar-refractivity contribution is -0.113. The molecule has 1 fully saturated rings. The van der Waals surface area contributed by atoms with Crippen molar-refractivity contribution in [3.8, 4) is 0 Å². The monoisotopic (exact) mass is 351 g/mol. The summed E-state index contributed by atoms with van der Waals surface area (Å²) in [4.78, 5) is 16.7. The third-order valence-electron chi connectivity index (χ3n) is 4.21. The number of amides is 1. The standard InChI is InChI=1S/C18H29N3O2S/c1-3-20(4-2)11-14-24-15-18(22)19-16-5-7-17(8-6-16)21-9-12-23-13-10-21/h5-8H,3-4,9-15H2,1-2H3,(H,19,22). The average Bonchev–Trinajstić information content (AvgIpc) is 2.63. The Morgan fingerprint density at radius 3 is 2.50 bits per heavy atom. The van der Waals surface area contributed by atoms with Gasteiger partial charge >= 0.3 is 0 Å². The average molecular weight is 352 g/mol. The zero-order valence-electron chi connectivity index (χ0n) is 14.8. The molecule has 0 aromatic heterocycles. The predicted octanol–water partition coefficient (Wildman–Crippen LogP) is 2.54. The number of anilines is 2. The lowest BCUT2D eigenvalue weighted by atomic mass is 10.2. The molecule has 1 amide bonds. The van der Waals surface area contributed by atoms with Crippen molar-refractivity contribution in [3.63, 3.8) is 0 Å². The molecule has 1 aromatic rings. The Balaban J connectivity index is 1.69. The van der Waals surface area contributed by atoms with E-state index in [4.69, 9.17) is 4.74 Å². The number of benzene rings is 1. The molecule has 2 rings (SSSR count). The molecule has 1 aliphatic rings. The Kier molecular flexibility index (Phi) is 8.42. The normalized spacial score (nSPS) is 14.9. The van der Waals surface area contributed by atoms with Crippen molar-refractivity contribution < 1.29 is 9.53 Å². The molecule has 1 N–H and O–H groups in total. The van der Waals surface area contributed by atoms with Crippen molar-refractivity contribution in [1.82, 2.24) is 4.90 Å². The molecule has 6 heteroatoms. The SMILES string of the molecule is CCN(CC)CCSCC(=O)Nc1ccc(N2CCOCC2)cc1. The summed E-state index contributed by atoms with van der Waals surface area (Å²) in [5, 5.41) is 2.97. The molecule has 1 aromatic carbocycles. The highest BCUT2D eigenvalue weighted by atomic mass is 32.2. The number of hydrogen-bond acceptors (Lipinski definition) is 5. The highest BCUT2D eigenvalue weighted by molar-refractivity contribution is 7.99. The van der Waals surface area contributed by atoms with Crippen molar-refractivity contribution >= 4 is 29.0 Å². The second kappa shape index (κ2) is 10.6. The van der Waals surface area contributed by atoms with Crippen LogP contribution in [0.25, 0.3) is 0 Å². The number of thioether (sulfide) groups is 1. The minimum Gasteiger partial charge on any atom is -0.378 e. The van der Waals surface area contributed by atoms with Crippen molar-refractivity contribution in [2.75, 3.05) is 67.7 Å². The van der Waals surface area contributed by atoms with Crippen LogP contribution < -0.4 is 10.2 Å². The Hall–Kier alpha value is -1.24. The van der Waals surface area contributed by atoms with Crippen LogP contribution in [0.4, 0.5) is 11.4 Å². The lowest BCUT2D eigenvalue weighted by Gasteiger charge is -2.28. The van der Waals surface area contributed by atoms with E-state index in [9.17, 15) is 4.79 Å². The van der Waals surface area contributed by atoms with Gasteiger partial charge in [0.2, 0.25) is 5.91 Å². The molecule has 1 heterocycles. The zero-order chi connectivity index (χ0) is 17.2.